The first kappa shape index (κ1) is 17.0. The Bertz CT molecular complexity index is 717. The zero-order valence-electron chi connectivity index (χ0n) is 15.2. The molecule has 1 atom stereocenters. The zero-order valence-corrected chi connectivity index (χ0v) is 15.2. The number of anilines is 2. The van der Waals surface area contributed by atoms with Gasteiger partial charge in [-0.1, -0.05) is 30.3 Å². The number of hydrogen-bond donors (Lipinski definition) is 1. The summed E-state index contributed by atoms with van der Waals surface area (Å²) in [6, 6.07) is 18.2. The van der Waals surface area contributed by atoms with Crippen LogP contribution in [0.4, 0.5) is 11.4 Å². The van der Waals surface area contributed by atoms with Crippen LogP contribution in [0.25, 0.3) is 0 Å². The van der Waals surface area contributed by atoms with Gasteiger partial charge in [-0.3, -0.25) is 4.79 Å². The Hall–Kier alpha value is -2.49. The third kappa shape index (κ3) is 3.69. The normalized spacial score (nSPS) is 18.2. The first-order chi connectivity index (χ1) is 12.8. The number of benzene rings is 2. The third-order valence-corrected chi connectivity index (χ3v) is 5.45. The van der Waals surface area contributed by atoms with Crippen LogP contribution in [0.3, 0.4) is 0 Å². The summed E-state index contributed by atoms with van der Waals surface area (Å²) in [6.07, 6.45) is 4.77. The maximum Gasteiger partial charge on any atom is 0.249 e. The maximum atomic E-state index is 13.1. The molecule has 0 saturated carbocycles. The second kappa shape index (κ2) is 7.81. The summed E-state index contributed by atoms with van der Waals surface area (Å²) >= 11 is 0. The summed E-state index contributed by atoms with van der Waals surface area (Å²) in [4.78, 5) is 17.5. The van der Waals surface area contributed by atoms with Crippen LogP contribution >= 0.6 is 0 Å². The van der Waals surface area contributed by atoms with Gasteiger partial charge in [0.1, 0.15) is 6.04 Å². The van der Waals surface area contributed by atoms with Gasteiger partial charge in [-0.25, -0.2) is 0 Å². The van der Waals surface area contributed by atoms with Crippen molar-refractivity contribution in [3.05, 3.63) is 60.2 Å². The molecule has 4 nitrogen and oxygen atoms in total. The largest absolute Gasteiger partial charge is 0.372 e. The number of carbonyl (C=O) groups excluding carboxylic acids is 1. The van der Waals surface area contributed by atoms with Crippen molar-refractivity contribution in [2.24, 2.45) is 0 Å². The van der Waals surface area contributed by atoms with E-state index in [4.69, 9.17) is 0 Å². The van der Waals surface area contributed by atoms with Gasteiger partial charge in [-0.05, 0) is 55.5 Å². The van der Waals surface area contributed by atoms with Crippen molar-refractivity contribution in [2.45, 2.75) is 31.7 Å². The Morgan fingerprint density at radius 2 is 1.42 bits per heavy atom. The van der Waals surface area contributed by atoms with Crippen molar-refractivity contribution in [3.63, 3.8) is 0 Å². The number of amides is 1. The van der Waals surface area contributed by atoms with E-state index in [1.165, 1.54) is 18.5 Å². The Morgan fingerprint density at radius 3 is 2.08 bits per heavy atom. The molecule has 0 bridgehead atoms. The number of nitrogens with zero attached hydrogens (tertiary/aromatic N) is 2. The van der Waals surface area contributed by atoms with Crippen LogP contribution in [-0.2, 0) is 4.79 Å². The summed E-state index contributed by atoms with van der Waals surface area (Å²) in [5.41, 5.74) is 3.29. The molecule has 0 aromatic heterocycles. The average molecular weight is 349 g/mol. The van der Waals surface area contributed by atoms with E-state index in [1.54, 1.807) is 0 Å². The first-order valence-corrected chi connectivity index (χ1v) is 9.76. The fourth-order valence-electron chi connectivity index (χ4n) is 3.96. The van der Waals surface area contributed by atoms with E-state index in [9.17, 15) is 4.79 Å². The van der Waals surface area contributed by atoms with Gasteiger partial charge in [0.05, 0.1) is 0 Å². The van der Waals surface area contributed by atoms with Gasteiger partial charge in [0.25, 0.3) is 0 Å². The van der Waals surface area contributed by atoms with Gasteiger partial charge >= 0.3 is 0 Å². The predicted molar refractivity (Wildman–Crippen MR) is 107 cm³/mol. The molecular weight excluding hydrogens is 322 g/mol. The number of likely N-dealkylation sites (tertiary alicyclic amines) is 1. The molecule has 1 amide bonds. The van der Waals surface area contributed by atoms with E-state index in [1.807, 2.05) is 35.2 Å². The molecule has 1 N–H and O–H groups in total. The van der Waals surface area contributed by atoms with Crippen molar-refractivity contribution in [2.75, 3.05) is 36.4 Å². The molecule has 2 aliphatic rings. The Balaban J connectivity index is 1.53. The lowest BCUT2D eigenvalue weighted by molar-refractivity contribution is -0.131. The van der Waals surface area contributed by atoms with E-state index in [0.717, 1.165) is 50.3 Å². The standard InChI is InChI=1S/C22H27N3O/c26-22(25-16-6-7-17-25)21(18-8-2-1-3-9-18)23-19-10-12-20(13-11-19)24-14-4-5-15-24/h1-3,8-13,21,23H,4-7,14-17H2/t21-/m0/s1. The zero-order chi connectivity index (χ0) is 17.8. The van der Waals surface area contributed by atoms with Gasteiger partial charge in [-0.15, -0.1) is 0 Å². The van der Waals surface area contributed by atoms with Crippen LogP contribution in [0.1, 0.15) is 37.3 Å². The third-order valence-electron chi connectivity index (χ3n) is 5.45. The molecule has 2 saturated heterocycles. The SMILES string of the molecule is O=C([C@@H](Nc1ccc(N2CCCC2)cc1)c1ccccc1)N1CCCC1. The fourth-order valence-corrected chi connectivity index (χ4v) is 3.96. The van der Waals surface area contributed by atoms with E-state index in [0.29, 0.717) is 0 Å². The first-order valence-electron chi connectivity index (χ1n) is 9.76. The quantitative estimate of drug-likeness (QED) is 0.884. The molecule has 26 heavy (non-hydrogen) atoms. The number of nitrogens with one attached hydrogen (secondary N) is 1. The second-order valence-electron chi connectivity index (χ2n) is 7.26. The molecule has 4 heteroatoms. The second-order valence-corrected chi connectivity index (χ2v) is 7.26. The van der Waals surface area contributed by atoms with Crippen LogP contribution in [0.2, 0.25) is 0 Å². The highest BCUT2D eigenvalue weighted by atomic mass is 16.2. The molecule has 0 radical (unpaired) electrons. The summed E-state index contributed by atoms with van der Waals surface area (Å²) in [5.74, 6) is 0.178. The summed E-state index contributed by atoms with van der Waals surface area (Å²) in [5, 5.41) is 3.48. The van der Waals surface area contributed by atoms with Gasteiger partial charge < -0.3 is 15.1 Å². The topological polar surface area (TPSA) is 35.6 Å². The lowest BCUT2D eigenvalue weighted by Crippen LogP contribution is -2.36. The van der Waals surface area contributed by atoms with Crippen LogP contribution < -0.4 is 10.2 Å². The molecule has 136 valence electrons. The molecule has 2 heterocycles. The summed E-state index contributed by atoms with van der Waals surface area (Å²) < 4.78 is 0. The van der Waals surface area contributed by atoms with Gasteiger partial charge in [0.15, 0.2) is 0 Å². The van der Waals surface area contributed by atoms with Crippen LogP contribution in [0.5, 0.6) is 0 Å². The van der Waals surface area contributed by atoms with Crippen molar-refractivity contribution in [1.82, 2.24) is 4.90 Å². The Labute approximate surface area is 155 Å². The number of rotatable bonds is 5. The molecule has 0 aliphatic carbocycles. The lowest BCUT2D eigenvalue weighted by Gasteiger charge is -2.25. The predicted octanol–water partition coefficient (Wildman–Crippen LogP) is 4.06. The molecule has 2 fully saturated rings. The summed E-state index contributed by atoms with van der Waals surface area (Å²) in [6.45, 7) is 4.04. The van der Waals surface area contributed by atoms with Crippen LogP contribution in [0, 0.1) is 0 Å². The highest BCUT2D eigenvalue weighted by Gasteiger charge is 2.27. The van der Waals surface area contributed by atoms with Crippen molar-refractivity contribution < 1.29 is 4.79 Å². The van der Waals surface area contributed by atoms with Crippen LogP contribution in [0.15, 0.2) is 54.6 Å². The van der Waals surface area contributed by atoms with Gasteiger partial charge in [0.2, 0.25) is 5.91 Å². The molecular formula is C22H27N3O. The minimum atomic E-state index is -0.327. The maximum absolute atomic E-state index is 13.1. The monoisotopic (exact) mass is 349 g/mol. The highest BCUT2D eigenvalue weighted by molar-refractivity contribution is 5.86. The van der Waals surface area contributed by atoms with Gasteiger partial charge in [0, 0.05) is 37.6 Å². The smallest absolute Gasteiger partial charge is 0.249 e. The van der Waals surface area contributed by atoms with E-state index in [2.05, 4.69) is 34.5 Å². The van der Waals surface area contributed by atoms with Gasteiger partial charge in [-0.2, -0.15) is 0 Å². The van der Waals surface area contributed by atoms with E-state index < -0.39 is 0 Å². The van der Waals surface area contributed by atoms with E-state index >= 15 is 0 Å². The Kier molecular flexibility index (Phi) is 5.09. The number of hydrogen-bond acceptors (Lipinski definition) is 3. The van der Waals surface area contributed by atoms with Crippen LogP contribution in [-0.4, -0.2) is 37.0 Å². The number of carbonyl (C=O) groups is 1. The van der Waals surface area contributed by atoms with Crippen molar-refractivity contribution in [1.29, 1.82) is 0 Å². The molecule has 2 aliphatic heterocycles. The minimum Gasteiger partial charge on any atom is -0.372 e. The van der Waals surface area contributed by atoms with Crippen molar-refractivity contribution >= 4 is 17.3 Å². The molecule has 0 unspecified atom stereocenters. The Morgan fingerprint density at radius 1 is 0.808 bits per heavy atom. The minimum absolute atomic E-state index is 0.178. The highest BCUT2D eigenvalue weighted by Crippen LogP contribution is 2.26. The molecule has 2 aromatic rings. The average Bonchev–Trinajstić information content (AvgIpc) is 3.41. The molecule has 2 aromatic carbocycles. The fraction of sp³-hybridized carbons (Fsp3) is 0.409. The lowest BCUT2D eigenvalue weighted by atomic mass is 10.0. The molecule has 4 rings (SSSR count). The summed E-state index contributed by atoms with van der Waals surface area (Å²) in [7, 11) is 0. The van der Waals surface area contributed by atoms with Crippen molar-refractivity contribution in [3.8, 4) is 0 Å². The van der Waals surface area contributed by atoms with E-state index in [-0.39, 0.29) is 11.9 Å². The molecule has 0 spiro atoms.